The van der Waals surface area contributed by atoms with Crippen LogP contribution in [0.3, 0.4) is 0 Å². The van der Waals surface area contributed by atoms with Gasteiger partial charge in [0.2, 0.25) is 0 Å². The van der Waals surface area contributed by atoms with Gasteiger partial charge in [0.05, 0.1) is 13.0 Å². The van der Waals surface area contributed by atoms with Crippen LogP contribution < -0.4 is 0 Å². The number of nitrogens with zero attached hydrogens (tertiary/aromatic N) is 1. The summed E-state index contributed by atoms with van der Waals surface area (Å²) >= 11 is 0. The zero-order valence-electron chi connectivity index (χ0n) is 10.4. The monoisotopic (exact) mass is 244 g/mol. The Hall–Kier alpha value is -1.84. The van der Waals surface area contributed by atoms with Gasteiger partial charge in [-0.1, -0.05) is 0 Å². The van der Waals surface area contributed by atoms with Crippen molar-refractivity contribution in [3.05, 3.63) is 29.7 Å². The highest BCUT2D eigenvalue weighted by Crippen LogP contribution is 2.39. The van der Waals surface area contributed by atoms with Crippen LogP contribution in [0, 0.1) is 0 Å². The number of carbonyl (C=O) groups excluding carboxylic acids is 1. The van der Waals surface area contributed by atoms with Gasteiger partial charge in [0.15, 0.2) is 0 Å². The zero-order valence-corrected chi connectivity index (χ0v) is 10.4. The van der Waals surface area contributed by atoms with Crippen LogP contribution in [-0.2, 0) is 16.0 Å². The Bertz CT molecular complexity index is 588. The molecule has 2 aromatic heterocycles. The molecule has 0 bridgehead atoms. The molecule has 1 N–H and O–H groups in total. The van der Waals surface area contributed by atoms with E-state index in [2.05, 4.69) is 9.97 Å². The zero-order chi connectivity index (χ0) is 12.5. The number of ether oxygens (including phenoxy) is 1. The lowest BCUT2D eigenvalue weighted by Gasteiger charge is -2.08. The summed E-state index contributed by atoms with van der Waals surface area (Å²) in [5, 5.41) is 1.19. The first-order valence-electron chi connectivity index (χ1n) is 6.39. The largest absolute Gasteiger partial charge is 0.466 e. The third-order valence-electron chi connectivity index (χ3n) is 3.61. The molecule has 0 aromatic carbocycles. The van der Waals surface area contributed by atoms with Crippen molar-refractivity contribution < 1.29 is 9.53 Å². The Morgan fingerprint density at radius 1 is 1.61 bits per heavy atom. The van der Waals surface area contributed by atoms with E-state index in [4.69, 9.17) is 4.74 Å². The predicted molar refractivity (Wildman–Crippen MR) is 68.4 cm³/mol. The fraction of sp³-hybridized carbons (Fsp3) is 0.429. The molecule has 1 aliphatic rings. The molecule has 2 aromatic rings. The Labute approximate surface area is 105 Å². The maximum absolute atomic E-state index is 11.6. The highest BCUT2D eigenvalue weighted by Gasteiger charge is 2.28. The fourth-order valence-corrected chi connectivity index (χ4v) is 2.82. The number of pyridine rings is 1. The number of aromatic nitrogens is 2. The van der Waals surface area contributed by atoms with Gasteiger partial charge in [0.25, 0.3) is 0 Å². The number of nitrogens with one attached hydrogen (secondary N) is 1. The summed E-state index contributed by atoms with van der Waals surface area (Å²) < 4.78 is 5.03. The van der Waals surface area contributed by atoms with Gasteiger partial charge in [0.1, 0.15) is 0 Å². The van der Waals surface area contributed by atoms with E-state index in [0.29, 0.717) is 13.0 Å². The number of esters is 1. The molecule has 0 amide bonds. The topological polar surface area (TPSA) is 55.0 Å². The Morgan fingerprint density at radius 3 is 3.33 bits per heavy atom. The van der Waals surface area contributed by atoms with E-state index >= 15 is 0 Å². The lowest BCUT2D eigenvalue weighted by molar-refractivity contribution is -0.143. The van der Waals surface area contributed by atoms with Crippen molar-refractivity contribution in [2.45, 2.75) is 32.1 Å². The normalized spacial score (nSPS) is 17.9. The van der Waals surface area contributed by atoms with E-state index in [1.165, 1.54) is 16.6 Å². The molecule has 0 saturated heterocycles. The number of fused-ring (bicyclic) bond motifs is 3. The minimum absolute atomic E-state index is 0.105. The molecule has 0 fully saturated rings. The standard InChI is InChI=1S/C14H16N2O2/c1-2-18-13(17)7-9-3-4-10-11-8-15-6-5-12(11)16-14(9)10/h5-6,8-9,16H,2-4,7H2,1H3. The molecule has 1 atom stereocenters. The Balaban J connectivity index is 1.89. The Morgan fingerprint density at radius 2 is 2.50 bits per heavy atom. The van der Waals surface area contributed by atoms with Crippen LogP contribution in [0.1, 0.15) is 36.9 Å². The van der Waals surface area contributed by atoms with Crippen molar-refractivity contribution in [3.8, 4) is 0 Å². The van der Waals surface area contributed by atoms with Crippen molar-refractivity contribution in [1.82, 2.24) is 9.97 Å². The number of hydrogen-bond donors (Lipinski definition) is 1. The van der Waals surface area contributed by atoms with E-state index in [1.54, 1.807) is 6.20 Å². The van der Waals surface area contributed by atoms with Gasteiger partial charge < -0.3 is 9.72 Å². The minimum atomic E-state index is -0.105. The third-order valence-corrected chi connectivity index (χ3v) is 3.61. The number of H-pyrrole nitrogens is 1. The van der Waals surface area contributed by atoms with Crippen LogP contribution in [0.15, 0.2) is 18.5 Å². The first-order valence-corrected chi connectivity index (χ1v) is 6.39. The molecular formula is C14H16N2O2. The van der Waals surface area contributed by atoms with Crippen LogP contribution in [-0.4, -0.2) is 22.5 Å². The van der Waals surface area contributed by atoms with Gasteiger partial charge in [-0.2, -0.15) is 0 Å². The third kappa shape index (κ3) is 1.78. The first kappa shape index (κ1) is 11.3. The molecule has 3 rings (SSSR count). The van der Waals surface area contributed by atoms with E-state index in [9.17, 15) is 4.79 Å². The van der Waals surface area contributed by atoms with Crippen LogP contribution in [0.25, 0.3) is 10.9 Å². The fourth-order valence-electron chi connectivity index (χ4n) is 2.82. The van der Waals surface area contributed by atoms with Gasteiger partial charge in [-0.15, -0.1) is 0 Å². The van der Waals surface area contributed by atoms with Gasteiger partial charge in [0, 0.05) is 34.9 Å². The van der Waals surface area contributed by atoms with Crippen LogP contribution in [0.5, 0.6) is 0 Å². The van der Waals surface area contributed by atoms with Crippen molar-refractivity contribution in [2.24, 2.45) is 0 Å². The molecule has 1 aliphatic carbocycles. The summed E-state index contributed by atoms with van der Waals surface area (Å²) in [5.41, 5.74) is 3.64. The molecule has 0 saturated carbocycles. The molecule has 18 heavy (non-hydrogen) atoms. The van der Waals surface area contributed by atoms with Crippen LogP contribution >= 0.6 is 0 Å². The van der Waals surface area contributed by atoms with Crippen molar-refractivity contribution in [3.63, 3.8) is 0 Å². The van der Waals surface area contributed by atoms with Gasteiger partial charge in [-0.25, -0.2) is 0 Å². The van der Waals surface area contributed by atoms with Crippen molar-refractivity contribution in [2.75, 3.05) is 6.61 Å². The average molecular weight is 244 g/mol. The minimum Gasteiger partial charge on any atom is -0.466 e. The smallest absolute Gasteiger partial charge is 0.306 e. The summed E-state index contributed by atoms with van der Waals surface area (Å²) in [6.07, 6.45) is 6.20. The predicted octanol–water partition coefficient (Wildman–Crippen LogP) is 2.55. The number of carbonyl (C=O) groups is 1. The second kappa shape index (κ2) is 4.44. The Kier molecular flexibility index (Phi) is 2.78. The lowest BCUT2D eigenvalue weighted by Crippen LogP contribution is -2.08. The maximum Gasteiger partial charge on any atom is 0.306 e. The van der Waals surface area contributed by atoms with Crippen LogP contribution in [0.4, 0.5) is 0 Å². The second-order valence-corrected chi connectivity index (χ2v) is 4.68. The second-order valence-electron chi connectivity index (χ2n) is 4.68. The van der Waals surface area contributed by atoms with E-state index in [-0.39, 0.29) is 11.9 Å². The van der Waals surface area contributed by atoms with Gasteiger partial charge >= 0.3 is 5.97 Å². The van der Waals surface area contributed by atoms with Crippen molar-refractivity contribution >= 4 is 16.9 Å². The number of aromatic amines is 1. The maximum atomic E-state index is 11.6. The number of hydrogen-bond acceptors (Lipinski definition) is 3. The molecule has 1 unspecified atom stereocenters. The molecule has 2 heterocycles. The van der Waals surface area contributed by atoms with Gasteiger partial charge in [-0.3, -0.25) is 9.78 Å². The first-order chi connectivity index (χ1) is 8.79. The lowest BCUT2D eigenvalue weighted by atomic mass is 10.0. The summed E-state index contributed by atoms with van der Waals surface area (Å²) in [5.74, 6) is 0.165. The summed E-state index contributed by atoms with van der Waals surface area (Å²) in [6, 6.07) is 1.98. The molecule has 4 heteroatoms. The summed E-state index contributed by atoms with van der Waals surface area (Å²) in [6.45, 7) is 2.29. The molecule has 4 nitrogen and oxygen atoms in total. The van der Waals surface area contributed by atoms with Crippen LogP contribution in [0.2, 0.25) is 0 Å². The quantitative estimate of drug-likeness (QED) is 0.844. The molecular weight excluding hydrogens is 228 g/mol. The number of aryl methyl sites for hydroxylation is 1. The molecule has 0 radical (unpaired) electrons. The van der Waals surface area contributed by atoms with E-state index in [0.717, 1.165) is 18.4 Å². The summed E-state index contributed by atoms with van der Waals surface area (Å²) in [4.78, 5) is 19.2. The highest BCUT2D eigenvalue weighted by molar-refractivity contribution is 5.85. The molecule has 0 aliphatic heterocycles. The van der Waals surface area contributed by atoms with E-state index < -0.39 is 0 Å². The van der Waals surface area contributed by atoms with Crippen molar-refractivity contribution in [1.29, 1.82) is 0 Å². The molecule has 94 valence electrons. The average Bonchev–Trinajstić information content (AvgIpc) is 2.90. The SMILES string of the molecule is CCOC(=O)CC1CCc2c1[nH]c1ccncc21. The highest BCUT2D eigenvalue weighted by atomic mass is 16.5. The number of rotatable bonds is 3. The molecule has 0 spiro atoms. The van der Waals surface area contributed by atoms with E-state index in [1.807, 2.05) is 19.2 Å². The summed E-state index contributed by atoms with van der Waals surface area (Å²) in [7, 11) is 0. The van der Waals surface area contributed by atoms with Gasteiger partial charge in [-0.05, 0) is 31.4 Å².